The minimum absolute atomic E-state index is 0.222. The van der Waals surface area contributed by atoms with Crippen LogP contribution in [0.1, 0.15) is 18.9 Å². The van der Waals surface area contributed by atoms with Crippen LogP contribution in [0, 0.1) is 0 Å². The Labute approximate surface area is 170 Å². The van der Waals surface area contributed by atoms with Crippen molar-refractivity contribution in [3.8, 4) is 16.9 Å². The fourth-order valence-corrected chi connectivity index (χ4v) is 3.13. The number of nitrogens with zero attached hydrogens (tertiary/aromatic N) is 2. The maximum absolute atomic E-state index is 9.37. The van der Waals surface area contributed by atoms with Crippen molar-refractivity contribution in [1.82, 2.24) is 9.55 Å². The van der Waals surface area contributed by atoms with E-state index in [1.807, 2.05) is 18.3 Å². The Bertz CT molecular complexity index is 1090. The molecule has 0 bridgehead atoms. The number of carboxylic acids is 1. The summed E-state index contributed by atoms with van der Waals surface area (Å²) < 4.78 is 7.81. The molecule has 148 valence electrons. The van der Waals surface area contributed by atoms with Gasteiger partial charge in [-0.2, -0.15) is 0 Å². The summed E-state index contributed by atoms with van der Waals surface area (Å²) in [4.78, 5) is 13.6. The van der Waals surface area contributed by atoms with E-state index in [4.69, 9.17) is 9.84 Å². The second-order valence-corrected chi connectivity index (χ2v) is 6.50. The number of para-hydroxylation sites is 1. The lowest BCUT2D eigenvalue weighted by Gasteiger charge is -2.06. The van der Waals surface area contributed by atoms with Crippen LogP contribution >= 0.6 is 0 Å². The number of aliphatic carboxylic acids is 1. The third-order valence-corrected chi connectivity index (χ3v) is 4.58. The van der Waals surface area contributed by atoms with Crippen LogP contribution in [-0.2, 0) is 11.3 Å². The summed E-state index contributed by atoms with van der Waals surface area (Å²) in [6.45, 7) is 2.44. The first-order chi connectivity index (χ1) is 14.1. The van der Waals surface area contributed by atoms with Crippen molar-refractivity contribution >= 4 is 16.9 Å². The van der Waals surface area contributed by atoms with E-state index in [0.29, 0.717) is 0 Å². The summed E-state index contributed by atoms with van der Waals surface area (Å²) >= 11 is 0. The minimum atomic E-state index is -0.745. The van der Waals surface area contributed by atoms with Crippen molar-refractivity contribution in [1.29, 1.82) is 0 Å². The molecule has 4 aromatic rings. The molecule has 0 amide bonds. The molecule has 5 nitrogen and oxygen atoms in total. The smallest absolute Gasteiger partial charge is 0.303 e. The lowest BCUT2D eigenvalue weighted by molar-refractivity contribution is -0.136. The molecule has 0 spiro atoms. The number of fused-ring (bicyclic) bond motifs is 1. The average Bonchev–Trinajstić information content (AvgIpc) is 3.13. The summed E-state index contributed by atoms with van der Waals surface area (Å²) in [7, 11) is 1.70. The summed E-state index contributed by atoms with van der Waals surface area (Å²) in [5, 5.41) is 8.93. The standard InChI is InChI=1S/C21H18N2O.C3H6O2/c1-24-21-11-12-22-13-18(21)19-15-23(14-16-7-3-2-4-8-16)20-10-6-5-9-17(19)20;1-2-3(4)5/h2-13,15H,14H2,1H3;2H2,1H3,(H,4,5). The van der Waals surface area contributed by atoms with Crippen LogP contribution in [0.4, 0.5) is 0 Å². The van der Waals surface area contributed by atoms with Gasteiger partial charge in [0.05, 0.1) is 7.11 Å². The number of ether oxygens (including phenoxy) is 1. The minimum Gasteiger partial charge on any atom is -0.496 e. The zero-order valence-corrected chi connectivity index (χ0v) is 16.6. The van der Waals surface area contributed by atoms with Gasteiger partial charge in [-0.3, -0.25) is 9.78 Å². The van der Waals surface area contributed by atoms with Gasteiger partial charge in [-0.05, 0) is 17.7 Å². The lowest BCUT2D eigenvalue weighted by atomic mass is 10.1. The molecule has 0 fully saturated rings. The number of hydrogen-bond acceptors (Lipinski definition) is 3. The number of benzene rings is 2. The van der Waals surface area contributed by atoms with E-state index in [9.17, 15) is 4.79 Å². The van der Waals surface area contributed by atoms with Gasteiger partial charge < -0.3 is 14.4 Å². The molecule has 0 radical (unpaired) electrons. The first-order valence-electron chi connectivity index (χ1n) is 9.46. The highest BCUT2D eigenvalue weighted by Crippen LogP contribution is 2.35. The molecule has 0 aliphatic rings. The SMILES string of the molecule is CCC(=O)O.COc1ccncc1-c1cn(Cc2ccccc2)c2ccccc12. The molecule has 0 saturated carbocycles. The Balaban J connectivity index is 0.000000431. The fourth-order valence-electron chi connectivity index (χ4n) is 3.13. The predicted molar refractivity (Wildman–Crippen MR) is 115 cm³/mol. The molecule has 29 heavy (non-hydrogen) atoms. The molecule has 0 aliphatic carbocycles. The van der Waals surface area contributed by atoms with Crippen LogP contribution in [0.3, 0.4) is 0 Å². The van der Waals surface area contributed by atoms with Crippen LogP contribution in [0.25, 0.3) is 22.0 Å². The van der Waals surface area contributed by atoms with Gasteiger partial charge >= 0.3 is 5.97 Å². The molecular formula is C24H24N2O3. The van der Waals surface area contributed by atoms with Gasteiger partial charge in [0, 0.05) is 53.6 Å². The van der Waals surface area contributed by atoms with Gasteiger partial charge in [-0.15, -0.1) is 0 Å². The average molecular weight is 388 g/mol. The van der Waals surface area contributed by atoms with Gasteiger partial charge in [0.25, 0.3) is 0 Å². The van der Waals surface area contributed by atoms with Crippen LogP contribution < -0.4 is 4.74 Å². The summed E-state index contributed by atoms with van der Waals surface area (Å²) in [5.74, 6) is 0.0950. The van der Waals surface area contributed by atoms with Crippen LogP contribution in [0.15, 0.2) is 79.3 Å². The predicted octanol–water partition coefficient (Wildman–Crippen LogP) is 5.24. The molecule has 2 aromatic heterocycles. The van der Waals surface area contributed by atoms with Crippen LogP contribution in [-0.4, -0.2) is 27.7 Å². The normalized spacial score (nSPS) is 10.3. The first kappa shape index (κ1) is 20.1. The number of carbonyl (C=O) groups is 1. The van der Waals surface area contributed by atoms with Crippen LogP contribution in [0.5, 0.6) is 5.75 Å². The number of hydrogen-bond donors (Lipinski definition) is 1. The maximum atomic E-state index is 9.37. The van der Waals surface area contributed by atoms with Crippen molar-refractivity contribution in [2.75, 3.05) is 7.11 Å². The second-order valence-electron chi connectivity index (χ2n) is 6.50. The molecule has 0 atom stereocenters. The van der Waals surface area contributed by atoms with Crippen LogP contribution in [0.2, 0.25) is 0 Å². The number of aromatic nitrogens is 2. The zero-order chi connectivity index (χ0) is 20.6. The first-order valence-corrected chi connectivity index (χ1v) is 9.46. The molecule has 0 unspecified atom stereocenters. The van der Waals surface area contributed by atoms with E-state index in [0.717, 1.165) is 23.4 Å². The van der Waals surface area contributed by atoms with E-state index in [-0.39, 0.29) is 6.42 Å². The third-order valence-electron chi connectivity index (χ3n) is 4.58. The van der Waals surface area contributed by atoms with Gasteiger partial charge in [0.1, 0.15) is 5.75 Å². The Morgan fingerprint density at radius 1 is 1.03 bits per heavy atom. The topological polar surface area (TPSA) is 64.3 Å². The molecule has 0 aliphatic heterocycles. The molecule has 0 saturated heterocycles. The van der Waals surface area contributed by atoms with Crippen molar-refractivity contribution < 1.29 is 14.6 Å². The maximum Gasteiger partial charge on any atom is 0.303 e. The van der Waals surface area contributed by atoms with Crippen molar-refractivity contribution in [2.45, 2.75) is 19.9 Å². The Morgan fingerprint density at radius 2 is 1.72 bits per heavy atom. The van der Waals surface area contributed by atoms with Crippen molar-refractivity contribution in [2.24, 2.45) is 0 Å². The van der Waals surface area contributed by atoms with E-state index in [1.165, 1.54) is 16.5 Å². The molecule has 2 aromatic carbocycles. The van der Waals surface area contributed by atoms with E-state index >= 15 is 0 Å². The third kappa shape index (κ3) is 4.82. The quantitative estimate of drug-likeness (QED) is 0.508. The fraction of sp³-hybridized carbons (Fsp3) is 0.167. The highest BCUT2D eigenvalue weighted by molar-refractivity contribution is 5.97. The number of methoxy groups -OCH3 is 1. The molecule has 5 heteroatoms. The summed E-state index contributed by atoms with van der Waals surface area (Å²) in [5.41, 5.74) is 4.65. The second kappa shape index (κ2) is 9.55. The summed E-state index contributed by atoms with van der Waals surface area (Å²) in [6, 6.07) is 20.9. The Morgan fingerprint density at radius 3 is 2.41 bits per heavy atom. The number of pyridine rings is 1. The number of rotatable bonds is 5. The number of carboxylic acid groups (broad SMARTS) is 1. The monoisotopic (exact) mass is 388 g/mol. The lowest BCUT2D eigenvalue weighted by Crippen LogP contribution is -1.97. The Hall–Kier alpha value is -3.60. The van der Waals surface area contributed by atoms with Gasteiger partial charge in [0.15, 0.2) is 0 Å². The van der Waals surface area contributed by atoms with Crippen molar-refractivity contribution in [3.63, 3.8) is 0 Å². The Kier molecular flexibility index (Phi) is 6.63. The van der Waals surface area contributed by atoms with Gasteiger partial charge in [-0.1, -0.05) is 55.5 Å². The molecule has 1 N–H and O–H groups in total. The van der Waals surface area contributed by atoms with Crippen molar-refractivity contribution in [3.05, 3.63) is 84.8 Å². The molecular weight excluding hydrogens is 364 g/mol. The summed E-state index contributed by atoms with van der Waals surface area (Å²) in [6.07, 6.45) is 6.04. The van der Waals surface area contributed by atoms with Gasteiger partial charge in [0.2, 0.25) is 0 Å². The highest BCUT2D eigenvalue weighted by Gasteiger charge is 2.14. The van der Waals surface area contributed by atoms with E-state index < -0.39 is 5.97 Å². The largest absolute Gasteiger partial charge is 0.496 e. The highest BCUT2D eigenvalue weighted by atomic mass is 16.5. The van der Waals surface area contributed by atoms with E-state index in [1.54, 1.807) is 20.2 Å². The van der Waals surface area contributed by atoms with Gasteiger partial charge in [-0.25, -0.2) is 0 Å². The molecule has 4 rings (SSSR count). The zero-order valence-electron chi connectivity index (χ0n) is 16.6. The van der Waals surface area contributed by atoms with E-state index in [2.05, 4.69) is 64.3 Å². The molecule has 2 heterocycles.